The fraction of sp³-hybridized carbons (Fsp3) is 0.600. The highest BCUT2D eigenvalue weighted by molar-refractivity contribution is 5.76. The Kier molecular flexibility index (Phi) is 5.86. The van der Waals surface area contributed by atoms with E-state index in [1.807, 2.05) is 13.8 Å². The van der Waals surface area contributed by atoms with Crippen molar-refractivity contribution < 1.29 is 14.6 Å². The van der Waals surface area contributed by atoms with Gasteiger partial charge >= 0.3 is 0 Å². The van der Waals surface area contributed by atoms with Gasteiger partial charge in [0.2, 0.25) is 11.8 Å². The Morgan fingerprint density at radius 3 is 2.87 bits per heavy atom. The summed E-state index contributed by atoms with van der Waals surface area (Å²) in [5.41, 5.74) is 0.606. The molecule has 2 N–H and O–H groups in total. The van der Waals surface area contributed by atoms with Crippen molar-refractivity contribution in [2.24, 2.45) is 5.92 Å². The Bertz CT molecular complexity index is 658. The van der Waals surface area contributed by atoms with Crippen LogP contribution in [0.3, 0.4) is 0 Å². The molecule has 126 valence electrons. The van der Waals surface area contributed by atoms with E-state index in [4.69, 9.17) is 4.74 Å². The first-order valence-electron chi connectivity index (χ1n) is 7.74. The van der Waals surface area contributed by atoms with E-state index in [1.165, 1.54) is 7.11 Å². The molecule has 0 fully saturated rings. The van der Waals surface area contributed by atoms with E-state index in [0.29, 0.717) is 23.8 Å². The number of carbonyl (C=O) groups excluding carboxylic acids is 1. The second-order valence-electron chi connectivity index (χ2n) is 5.50. The molecule has 2 aromatic rings. The zero-order chi connectivity index (χ0) is 16.8. The van der Waals surface area contributed by atoms with Crippen molar-refractivity contribution in [2.75, 3.05) is 13.7 Å². The number of amides is 1. The fourth-order valence-corrected chi connectivity index (χ4v) is 2.24. The molecule has 0 aliphatic heterocycles. The molecule has 8 nitrogen and oxygen atoms in total. The van der Waals surface area contributed by atoms with E-state index in [0.717, 1.165) is 6.42 Å². The van der Waals surface area contributed by atoms with Gasteiger partial charge in [0.25, 0.3) is 0 Å². The number of aliphatic hydroxyl groups excluding tert-OH is 1. The Morgan fingerprint density at radius 1 is 1.43 bits per heavy atom. The summed E-state index contributed by atoms with van der Waals surface area (Å²) in [6.07, 6.45) is 1.56. The van der Waals surface area contributed by atoms with Crippen LogP contribution in [0, 0.1) is 5.92 Å². The van der Waals surface area contributed by atoms with Gasteiger partial charge in [0.1, 0.15) is 0 Å². The summed E-state index contributed by atoms with van der Waals surface area (Å²) in [7, 11) is 1.54. The van der Waals surface area contributed by atoms with E-state index in [9.17, 15) is 9.90 Å². The van der Waals surface area contributed by atoms with Crippen molar-refractivity contribution in [1.82, 2.24) is 25.1 Å². The first kappa shape index (κ1) is 17.1. The molecule has 0 aromatic carbocycles. The number of aryl methyl sites for hydroxylation is 1. The van der Waals surface area contributed by atoms with Gasteiger partial charge in [-0.1, -0.05) is 20.3 Å². The molecule has 0 saturated carbocycles. The Labute approximate surface area is 134 Å². The van der Waals surface area contributed by atoms with E-state index < -0.39 is 0 Å². The van der Waals surface area contributed by atoms with Crippen LogP contribution in [0.1, 0.15) is 32.5 Å². The van der Waals surface area contributed by atoms with E-state index in [-0.39, 0.29) is 30.9 Å². The monoisotopic (exact) mass is 321 g/mol. The lowest BCUT2D eigenvalue weighted by molar-refractivity contribution is -0.122. The molecule has 0 aliphatic carbocycles. The molecule has 23 heavy (non-hydrogen) atoms. The van der Waals surface area contributed by atoms with E-state index >= 15 is 0 Å². The number of fused-ring (bicyclic) bond motifs is 1. The summed E-state index contributed by atoms with van der Waals surface area (Å²) >= 11 is 0. The van der Waals surface area contributed by atoms with Crippen molar-refractivity contribution in [3.05, 3.63) is 18.0 Å². The number of methoxy groups -OCH3 is 1. The van der Waals surface area contributed by atoms with Crippen LogP contribution >= 0.6 is 0 Å². The predicted octanol–water partition coefficient (Wildman–Crippen LogP) is 0.589. The fourth-order valence-electron chi connectivity index (χ4n) is 2.24. The first-order valence-corrected chi connectivity index (χ1v) is 7.74. The molecule has 0 spiro atoms. The maximum Gasteiger partial charge on any atom is 0.231 e. The summed E-state index contributed by atoms with van der Waals surface area (Å²) < 4.78 is 6.66. The summed E-state index contributed by atoms with van der Waals surface area (Å²) in [5.74, 6) is 1.16. The molecular formula is C15H23N5O3. The Balaban J connectivity index is 1.99. The highest BCUT2D eigenvalue weighted by Gasteiger charge is 2.18. The third-order valence-electron chi connectivity index (χ3n) is 3.96. The van der Waals surface area contributed by atoms with Crippen LogP contribution in [0.25, 0.3) is 5.65 Å². The molecule has 2 heterocycles. The molecule has 0 radical (unpaired) electrons. The lowest BCUT2D eigenvalue weighted by Crippen LogP contribution is -2.42. The summed E-state index contributed by atoms with van der Waals surface area (Å²) in [4.78, 5) is 12.1. The van der Waals surface area contributed by atoms with Crippen LogP contribution < -0.4 is 10.1 Å². The predicted molar refractivity (Wildman–Crippen MR) is 84.1 cm³/mol. The van der Waals surface area contributed by atoms with Gasteiger partial charge in [-0.2, -0.15) is 4.52 Å². The average Bonchev–Trinajstić information content (AvgIpc) is 2.99. The zero-order valence-electron chi connectivity index (χ0n) is 13.7. The number of ether oxygens (including phenoxy) is 1. The largest absolute Gasteiger partial charge is 0.480 e. The van der Waals surface area contributed by atoms with Gasteiger partial charge in [-0.25, -0.2) is 0 Å². The quantitative estimate of drug-likeness (QED) is 0.738. The van der Waals surface area contributed by atoms with Crippen molar-refractivity contribution in [3.63, 3.8) is 0 Å². The topological polar surface area (TPSA) is 102 Å². The summed E-state index contributed by atoms with van der Waals surface area (Å²) in [6.45, 7) is 3.97. The van der Waals surface area contributed by atoms with Crippen molar-refractivity contribution in [2.45, 2.75) is 39.2 Å². The third kappa shape index (κ3) is 4.16. The van der Waals surface area contributed by atoms with Crippen LogP contribution in [-0.2, 0) is 11.2 Å². The number of rotatable bonds is 8. The molecule has 2 atom stereocenters. The van der Waals surface area contributed by atoms with Gasteiger partial charge in [-0.15, -0.1) is 15.3 Å². The highest BCUT2D eigenvalue weighted by atomic mass is 16.5. The molecule has 0 aliphatic rings. The SMILES string of the molecule is CC[C@@H](C)[C@H](CO)NC(=O)CCc1nnc2ccc(OC)nn12. The highest BCUT2D eigenvalue weighted by Crippen LogP contribution is 2.10. The van der Waals surface area contributed by atoms with Crippen LogP contribution in [-0.4, -0.2) is 50.6 Å². The average molecular weight is 321 g/mol. The van der Waals surface area contributed by atoms with Crippen molar-refractivity contribution >= 4 is 11.6 Å². The molecular weight excluding hydrogens is 298 g/mol. The second kappa shape index (κ2) is 7.87. The van der Waals surface area contributed by atoms with Gasteiger partial charge in [-0.3, -0.25) is 4.79 Å². The van der Waals surface area contributed by atoms with Crippen LogP contribution in [0.2, 0.25) is 0 Å². The summed E-state index contributed by atoms with van der Waals surface area (Å²) in [5, 5.41) is 24.5. The minimum absolute atomic E-state index is 0.0621. The lowest BCUT2D eigenvalue weighted by atomic mass is 10.00. The van der Waals surface area contributed by atoms with Crippen LogP contribution in [0.5, 0.6) is 5.88 Å². The zero-order valence-corrected chi connectivity index (χ0v) is 13.7. The third-order valence-corrected chi connectivity index (χ3v) is 3.96. The van der Waals surface area contributed by atoms with Gasteiger partial charge in [-0.05, 0) is 12.0 Å². The van der Waals surface area contributed by atoms with Crippen molar-refractivity contribution in [3.8, 4) is 5.88 Å². The first-order chi connectivity index (χ1) is 11.1. The molecule has 0 bridgehead atoms. The van der Waals surface area contributed by atoms with Crippen molar-refractivity contribution in [1.29, 1.82) is 0 Å². The second-order valence-corrected chi connectivity index (χ2v) is 5.50. The molecule has 8 heteroatoms. The van der Waals surface area contributed by atoms with Crippen LogP contribution in [0.15, 0.2) is 12.1 Å². The van der Waals surface area contributed by atoms with E-state index in [2.05, 4.69) is 20.6 Å². The molecule has 1 amide bonds. The molecule has 2 rings (SSSR count). The number of hydrogen-bond acceptors (Lipinski definition) is 6. The molecule has 0 unspecified atom stereocenters. The summed E-state index contributed by atoms with van der Waals surface area (Å²) in [6, 6.07) is 3.24. The molecule has 0 saturated heterocycles. The standard InChI is InChI=1S/C15H23N5O3/c1-4-10(2)11(9-21)16-14(22)7-5-12-17-18-13-6-8-15(23-3)19-20(12)13/h6,8,10-11,21H,4-5,7,9H2,1-3H3,(H,16,22)/t10-,11+/m1/s1. The minimum Gasteiger partial charge on any atom is -0.480 e. The van der Waals surface area contributed by atoms with Gasteiger partial charge in [0.05, 0.1) is 19.8 Å². The number of nitrogens with zero attached hydrogens (tertiary/aromatic N) is 4. The maximum atomic E-state index is 12.1. The van der Waals surface area contributed by atoms with Gasteiger partial charge in [0.15, 0.2) is 11.5 Å². The smallest absolute Gasteiger partial charge is 0.231 e. The van der Waals surface area contributed by atoms with Crippen LogP contribution in [0.4, 0.5) is 0 Å². The molecule has 2 aromatic heterocycles. The number of aliphatic hydroxyl groups is 1. The van der Waals surface area contributed by atoms with Gasteiger partial charge in [0, 0.05) is 18.9 Å². The number of carbonyl (C=O) groups is 1. The lowest BCUT2D eigenvalue weighted by Gasteiger charge is -2.21. The minimum atomic E-state index is -0.221. The maximum absolute atomic E-state index is 12.1. The normalized spacial score (nSPS) is 13.7. The Hall–Kier alpha value is -2.22. The number of aromatic nitrogens is 4. The Morgan fingerprint density at radius 2 is 2.22 bits per heavy atom. The number of hydrogen-bond donors (Lipinski definition) is 2. The van der Waals surface area contributed by atoms with E-state index in [1.54, 1.807) is 16.6 Å². The number of nitrogens with one attached hydrogen (secondary N) is 1. The van der Waals surface area contributed by atoms with Gasteiger partial charge < -0.3 is 15.2 Å².